The topological polar surface area (TPSA) is 46.9 Å². The summed E-state index contributed by atoms with van der Waals surface area (Å²) in [4.78, 5) is 17.1. The van der Waals surface area contributed by atoms with Gasteiger partial charge in [0.05, 0.1) is 10.9 Å². The molecule has 1 aliphatic rings. The van der Waals surface area contributed by atoms with Gasteiger partial charge in [0.1, 0.15) is 0 Å². The predicted octanol–water partition coefficient (Wildman–Crippen LogP) is 4.33. The van der Waals surface area contributed by atoms with Crippen molar-refractivity contribution in [3.8, 4) is 0 Å². The van der Waals surface area contributed by atoms with Crippen LogP contribution in [-0.4, -0.2) is 27.3 Å². The number of rotatable bonds is 7. The number of thioether (sulfide) groups is 1. The van der Waals surface area contributed by atoms with E-state index in [1.165, 1.54) is 37.8 Å². The minimum Gasteiger partial charge on any atom is -0.355 e. The smallest absolute Gasteiger partial charge is 0.233 e. The van der Waals surface area contributed by atoms with Crippen molar-refractivity contribution >= 4 is 17.7 Å². The summed E-state index contributed by atoms with van der Waals surface area (Å²) in [6, 6.07) is 0. The van der Waals surface area contributed by atoms with Crippen LogP contribution in [0.15, 0.2) is 5.16 Å². The van der Waals surface area contributed by atoms with Crippen LogP contribution in [-0.2, 0) is 11.3 Å². The summed E-state index contributed by atoms with van der Waals surface area (Å²) in [7, 11) is 0. The van der Waals surface area contributed by atoms with Crippen LogP contribution < -0.4 is 5.32 Å². The molecular weight excluding hydrogens is 318 g/mol. The van der Waals surface area contributed by atoms with E-state index >= 15 is 0 Å². The summed E-state index contributed by atoms with van der Waals surface area (Å²) >= 11 is 1.58. The van der Waals surface area contributed by atoms with Gasteiger partial charge in [0.25, 0.3) is 0 Å². The molecule has 1 heterocycles. The Labute approximate surface area is 151 Å². The summed E-state index contributed by atoms with van der Waals surface area (Å²) in [5.74, 6) is 1.37. The average molecular weight is 352 g/mol. The van der Waals surface area contributed by atoms with E-state index in [0.29, 0.717) is 11.8 Å². The molecule has 1 fully saturated rings. The highest BCUT2D eigenvalue weighted by Gasteiger charge is 2.21. The third-order valence-corrected chi connectivity index (χ3v) is 6.00. The van der Waals surface area contributed by atoms with Gasteiger partial charge >= 0.3 is 0 Å². The zero-order valence-electron chi connectivity index (χ0n) is 15.9. The van der Waals surface area contributed by atoms with Crippen LogP contribution >= 0.6 is 11.8 Å². The van der Waals surface area contributed by atoms with E-state index in [1.807, 2.05) is 13.8 Å². The van der Waals surface area contributed by atoms with Gasteiger partial charge in [0, 0.05) is 18.8 Å². The van der Waals surface area contributed by atoms with Crippen molar-refractivity contribution in [2.75, 3.05) is 6.54 Å². The Morgan fingerprint density at radius 1 is 1.25 bits per heavy atom. The lowest BCUT2D eigenvalue weighted by Gasteiger charge is -2.22. The second-order valence-electron chi connectivity index (χ2n) is 7.58. The summed E-state index contributed by atoms with van der Waals surface area (Å²) < 4.78 is 2.26. The molecule has 5 heteroatoms. The Balaban J connectivity index is 1.92. The molecule has 0 aromatic carbocycles. The Morgan fingerprint density at radius 3 is 2.54 bits per heavy atom. The number of hydrogen-bond donors (Lipinski definition) is 1. The zero-order chi connectivity index (χ0) is 17.7. The maximum Gasteiger partial charge on any atom is 0.233 e. The number of amides is 1. The van der Waals surface area contributed by atoms with Crippen molar-refractivity contribution in [1.29, 1.82) is 0 Å². The minimum absolute atomic E-state index is 0.110. The fraction of sp³-hybridized carbons (Fsp3) is 0.789. The van der Waals surface area contributed by atoms with Crippen LogP contribution in [0.1, 0.15) is 64.3 Å². The maximum atomic E-state index is 12.4. The Hall–Kier alpha value is -0.970. The van der Waals surface area contributed by atoms with Gasteiger partial charge in [0.2, 0.25) is 5.91 Å². The molecule has 1 aromatic heterocycles. The third-order valence-electron chi connectivity index (χ3n) is 4.91. The van der Waals surface area contributed by atoms with Gasteiger partial charge in [0.15, 0.2) is 5.16 Å². The fourth-order valence-electron chi connectivity index (χ4n) is 3.29. The normalized spacial score (nSPS) is 17.2. The first-order valence-electron chi connectivity index (χ1n) is 9.36. The van der Waals surface area contributed by atoms with Gasteiger partial charge in [-0.15, -0.1) is 0 Å². The lowest BCUT2D eigenvalue weighted by molar-refractivity contribution is -0.120. The molecule has 2 rings (SSSR count). The predicted molar refractivity (Wildman–Crippen MR) is 101 cm³/mol. The van der Waals surface area contributed by atoms with Crippen molar-refractivity contribution in [3.63, 3.8) is 0 Å². The standard InChI is InChI=1S/C19H33N3OS/c1-13(2)12-22-15(4)14(3)21-19(22)24-16(5)18(23)20-11-17-9-7-6-8-10-17/h13,16-17H,6-12H2,1-5H3,(H,20,23). The fourth-order valence-corrected chi connectivity index (χ4v) is 4.32. The largest absolute Gasteiger partial charge is 0.355 e. The number of carbonyl (C=O) groups excluding carboxylic acids is 1. The average Bonchev–Trinajstić information content (AvgIpc) is 2.80. The molecule has 0 bridgehead atoms. The molecule has 1 aromatic rings. The Bertz CT molecular complexity index is 547. The summed E-state index contributed by atoms with van der Waals surface area (Å²) in [5, 5.41) is 4.02. The highest BCUT2D eigenvalue weighted by atomic mass is 32.2. The lowest BCUT2D eigenvalue weighted by atomic mass is 9.89. The zero-order valence-corrected chi connectivity index (χ0v) is 16.7. The summed E-state index contributed by atoms with van der Waals surface area (Å²) in [6.07, 6.45) is 6.51. The molecule has 1 amide bonds. The maximum absolute atomic E-state index is 12.4. The van der Waals surface area contributed by atoms with Crippen molar-refractivity contribution in [2.45, 2.75) is 83.7 Å². The quantitative estimate of drug-likeness (QED) is 0.744. The molecule has 0 radical (unpaired) electrons. The van der Waals surface area contributed by atoms with Crippen molar-refractivity contribution in [1.82, 2.24) is 14.9 Å². The number of hydrogen-bond acceptors (Lipinski definition) is 3. The summed E-state index contributed by atoms with van der Waals surface area (Å²) in [6.45, 7) is 12.4. The van der Waals surface area contributed by atoms with E-state index in [4.69, 9.17) is 0 Å². The first kappa shape index (κ1) is 19.4. The third kappa shape index (κ3) is 5.27. The molecule has 1 unspecified atom stereocenters. The molecule has 24 heavy (non-hydrogen) atoms. The molecule has 0 spiro atoms. The summed E-state index contributed by atoms with van der Waals surface area (Å²) in [5.41, 5.74) is 2.27. The van der Waals surface area contributed by atoms with Crippen LogP contribution in [0.3, 0.4) is 0 Å². The van der Waals surface area contributed by atoms with Crippen LogP contribution in [0.5, 0.6) is 0 Å². The molecule has 1 atom stereocenters. The molecular formula is C19H33N3OS. The number of imidazole rings is 1. The van der Waals surface area contributed by atoms with E-state index in [-0.39, 0.29) is 11.2 Å². The molecule has 1 saturated carbocycles. The molecule has 136 valence electrons. The number of carbonyl (C=O) groups is 1. The number of aromatic nitrogens is 2. The molecule has 1 N–H and O–H groups in total. The molecule has 0 saturated heterocycles. The van der Waals surface area contributed by atoms with Gasteiger partial charge in [-0.05, 0) is 45.4 Å². The molecule has 1 aliphatic carbocycles. The highest BCUT2D eigenvalue weighted by molar-refractivity contribution is 8.00. The second-order valence-corrected chi connectivity index (χ2v) is 8.89. The highest BCUT2D eigenvalue weighted by Crippen LogP contribution is 2.27. The molecule has 4 nitrogen and oxygen atoms in total. The van der Waals surface area contributed by atoms with Crippen molar-refractivity contribution < 1.29 is 4.79 Å². The van der Waals surface area contributed by atoms with Crippen LogP contribution in [0.25, 0.3) is 0 Å². The van der Waals surface area contributed by atoms with Crippen molar-refractivity contribution in [3.05, 3.63) is 11.4 Å². The number of nitrogens with one attached hydrogen (secondary N) is 1. The second kappa shape index (κ2) is 8.93. The number of aryl methyl sites for hydroxylation is 1. The van der Waals surface area contributed by atoms with E-state index in [9.17, 15) is 4.79 Å². The van der Waals surface area contributed by atoms with E-state index in [2.05, 4.69) is 35.6 Å². The van der Waals surface area contributed by atoms with Gasteiger partial charge in [-0.2, -0.15) is 0 Å². The van der Waals surface area contributed by atoms with Crippen LogP contribution in [0.2, 0.25) is 0 Å². The lowest BCUT2D eigenvalue weighted by Crippen LogP contribution is -2.35. The first-order valence-corrected chi connectivity index (χ1v) is 10.2. The van der Waals surface area contributed by atoms with Crippen LogP contribution in [0.4, 0.5) is 0 Å². The van der Waals surface area contributed by atoms with E-state index in [0.717, 1.165) is 23.9 Å². The van der Waals surface area contributed by atoms with E-state index < -0.39 is 0 Å². The van der Waals surface area contributed by atoms with Gasteiger partial charge in [-0.1, -0.05) is 44.9 Å². The monoisotopic (exact) mass is 351 g/mol. The van der Waals surface area contributed by atoms with Gasteiger partial charge in [-0.3, -0.25) is 4.79 Å². The van der Waals surface area contributed by atoms with Gasteiger partial charge < -0.3 is 9.88 Å². The Kier molecular flexibility index (Phi) is 7.20. The minimum atomic E-state index is -0.110. The van der Waals surface area contributed by atoms with Crippen molar-refractivity contribution in [2.24, 2.45) is 11.8 Å². The van der Waals surface area contributed by atoms with E-state index in [1.54, 1.807) is 11.8 Å². The molecule has 0 aliphatic heterocycles. The Morgan fingerprint density at radius 2 is 1.92 bits per heavy atom. The number of nitrogens with zero attached hydrogens (tertiary/aromatic N) is 2. The van der Waals surface area contributed by atoms with Crippen LogP contribution in [0, 0.1) is 25.7 Å². The SMILES string of the molecule is Cc1nc(SC(C)C(=O)NCC2CCCCC2)n(CC(C)C)c1C. The van der Waals surface area contributed by atoms with Gasteiger partial charge in [-0.25, -0.2) is 4.98 Å². The first-order chi connectivity index (χ1) is 11.4.